The van der Waals surface area contributed by atoms with Crippen molar-refractivity contribution in [3.63, 3.8) is 0 Å². The fourth-order valence-electron chi connectivity index (χ4n) is 3.15. The number of ether oxygens (including phenoxy) is 1. The van der Waals surface area contributed by atoms with Crippen LogP contribution in [0.5, 0.6) is 0 Å². The van der Waals surface area contributed by atoms with Gasteiger partial charge in [0.2, 0.25) is 5.91 Å². The molecule has 0 spiro atoms. The van der Waals surface area contributed by atoms with Crippen LogP contribution in [0.3, 0.4) is 0 Å². The maximum Gasteiger partial charge on any atom is 0.230 e. The molecule has 2 aromatic carbocycles. The Balaban J connectivity index is 1.60. The number of nitrogens with zero attached hydrogens (tertiary/aromatic N) is 1. The van der Waals surface area contributed by atoms with Gasteiger partial charge in [0.05, 0.1) is 25.0 Å². The van der Waals surface area contributed by atoms with Crippen LogP contribution in [-0.4, -0.2) is 49.4 Å². The van der Waals surface area contributed by atoms with Crippen molar-refractivity contribution in [1.29, 1.82) is 0 Å². The number of hydrogen-bond acceptors (Lipinski definition) is 4. The van der Waals surface area contributed by atoms with Crippen molar-refractivity contribution in [2.75, 3.05) is 38.6 Å². The van der Waals surface area contributed by atoms with Gasteiger partial charge in [0, 0.05) is 24.5 Å². The minimum Gasteiger partial charge on any atom is -0.379 e. The van der Waals surface area contributed by atoms with Crippen LogP contribution in [0.25, 0.3) is 0 Å². The van der Waals surface area contributed by atoms with E-state index in [2.05, 4.69) is 54.4 Å². The summed E-state index contributed by atoms with van der Waals surface area (Å²) in [5.41, 5.74) is 3.68. The van der Waals surface area contributed by atoms with Crippen LogP contribution in [0.1, 0.15) is 22.7 Å². The Hall–Kier alpha value is -1.82. The predicted octanol–water partition coefficient (Wildman–Crippen LogP) is 3.59. The van der Waals surface area contributed by atoms with Gasteiger partial charge in [0.1, 0.15) is 0 Å². The summed E-state index contributed by atoms with van der Waals surface area (Å²) >= 11 is 1.59. The Kier molecular flexibility index (Phi) is 7.33. The molecule has 1 aliphatic heterocycles. The zero-order valence-corrected chi connectivity index (χ0v) is 16.9. The molecule has 1 atom stereocenters. The lowest BCUT2D eigenvalue weighted by Gasteiger charge is -2.31. The molecule has 3 rings (SSSR count). The average molecular weight is 385 g/mol. The molecule has 144 valence electrons. The van der Waals surface area contributed by atoms with E-state index in [4.69, 9.17) is 4.74 Å². The fourth-order valence-corrected chi connectivity index (χ4v) is 3.96. The zero-order valence-electron chi connectivity index (χ0n) is 16.1. The number of amides is 1. The highest BCUT2D eigenvalue weighted by Gasteiger charge is 2.20. The van der Waals surface area contributed by atoms with Crippen LogP contribution in [0.2, 0.25) is 0 Å². The monoisotopic (exact) mass is 384 g/mol. The van der Waals surface area contributed by atoms with E-state index in [1.165, 1.54) is 11.1 Å². The van der Waals surface area contributed by atoms with Crippen molar-refractivity contribution in [2.24, 2.45) is 0 Å². The first-order valence-corrected chi connectivity index (χ1v) is 10.4. The molecule has 0 radical (unpaired) electrons. The number of aryl methyl sites for hydroxylation is 2. The molecule has 2 aromatic rings. The Labute approximate surface area is 166 Å². The number of carbonyl (C=O) groups is 1. The highest BCUT2D eigenvalue weighted by Crippen LogP contribution is 2.22. The topological polar surface area (TPSA) is 41.6 Å². The Morgan fingerprint density at radius 2 is 1.85 bits per heavy atom. The molecule has 1 fully saturated rings. The first-order chi connectivity index (χ1) is 13.1. The summed E-state index contributed by atoms with van der Waals surface area (Å²) in [6.07, 6.45) is 0. The van der Waals surface area contributed by atoms with Crippen LogP contribution in [0, 0.1) is 13.8 Å². The third-order valence-electron chi connectivity index (χ3n) is 4.93. The van der Waals surface area contributed by atoms with Gasteiger partial charge in [-0.05, 0) is 42.7 Å². The van der Waals surface area contributed by atoms with Gasteiger partial charge in [0.25, 0.3) is 0 Å². The average Bonchev–Trinajstić information content (AvgIpc) is 2.70. The molecule has 0 bridgehead atoms. The smallest absolute Gasteiger partial charge is 0.230 e. The van der Waals surface area contributed by atoms with Crippen LogP contribution < -0.4 is 5.32 Å². The summed E-state index contributed by atoms with van der Waals surface area (Å²) in [7, 11) is 0. The second kappa shape index (κ2) is 9.93. The third kappa shape index (κ3) is 6.09. The predicted molar refractivity (Wildman–Crippen MR) is 111 cm³/mol. The van der Waals surface area contributed by atoms with Crippen molar-refractivity contribution in [3.05, 3.63) is 65.2 Å². The number of rotatable bonds is 7. The van der Waals surface area contributed by atoms with Gasteiger partial charge in [-0.2, -0.15) is 0 Å². The first kappa shape index (κ1) is 19.9. The summed E-state index contributed by atoms with van der Waals surface area (Å²) in [6.45, 7) is 8.37. The zero-order chi connectivity index (χ0) is 19.1. The molecule has 0 saturated carbocycles. The Morgan fingerprint density at radius 1 is 1.11 bits per heavy atom. The van der Waals surface area contributed by atoms with E-state index < -0.39 is 0 Å². The largest absolute Gasteiger partial charge is 0.379 e. The van der Waals surface area contributed by atoms with Gasteiger partial charge in [-0.15, -0.1) is 11.8 Å². The molecular weight excluding hydrogens is 356 g/mol. The standard InChI is InChI=1S/C22H28N2O2S/c1-17-8-9-20(14-18(17)2)27-16-22(25)23-21(19-6-4-3-5-7-19)15-24-10-12-26-13-11-24/h3-9,14,21H,10-13,15-16H2,1-2H3,(H,23,25)/t21-/m1/s1. The van der Waals surface area contributed by atoms with E-state index >= 15 is 0 Å². The van der Waals surface area contributed by atoms with Crippen LogP contribution in [0.15, 0.2) is 53.4 Å². The third-order valence-corrected chi connectivity index (χ3v) is 5.92. The van der Waals surface area contributed by atoms with E-state index in [0.29, 0.717) is 5.75 Å². The normalized spacial score (nSPS) is 16.1. The molecule has 4 nitrogen and oxygen atoms in total. The molecule has 1 heterocycles. The van der Waals surface area contributed by atoms with Crippen molar-refractivity contribution in [3.8, 4) is 0 Å². The van der Waals surface area contributed by atoms with E-state index in [0.717, 1.165) is 43.3 Å². The molecule has 1 aliphatic rings. The number of hydrogen-bond donors (Lipinski definition) is 1. The van der Waals surface area contributed by atoms with E-state index in [1.807, 2.05) is 18.2 Å². The molecule has 1 saturated heterocycles. The van der Waals surface area contributed by atoms with Gasteiger partial charge in [-0.25, -0.2) is 0 Å². The Morgan fingerprint density at radius 3 is 2.56 bits per heavy atom. The van der Waals surface area contributed by atoms with Crippen molar-refractivity contribution >= 4 is 17.7 Å². The van der Waals surface area contributed by atoms with Gasteiger partial charge < -0.3 is 10.1 Å². The number of nitrogens with one attached hydrogen (secondary N) is 1. The van der Waals surface area contributed by atoms with Gasteiger partial charge in [-0.1, -0.05) is 36.4 Å². The lowest BCUT2D eigenvalue weighted by atomic mass is 10.1. The highest BCUT2D eigenvalue weighted by molar-refractivity contribution is 8.00. The van der Waals surface area contributed by atoms with E-state index in [-0.39, 0.29) is 11.9 Å². The van der Waals surface area contributed by atoms with Crippen molar-refractivity contribution in [1.82, 2.24) is 10.2 Å². The summed E-state index contributed by atoms with van der Waals surface area (Å²) < 4.78 is 5.44. The summed E-state index contributed by atoms with van der Waals surface area (Å²) in [5, 5.41) is 3.23. The molecule has 1 amide bonds. The molecule has 0 aromatic heterocycles. The van der Waals surface area contributed by atoms with Crippen LogP contribution in [-0.2, 0) is 9.53 Å². The summed E-state index contributed by atoms with van der Waals surface area (Å²) in [5.74, 6) is 0.495. The minimum absolute atomic E-state index is 0.00264. The van der Waals surface area contributed by atoms with Gasteiger partial charge in [-0.3, -0.25) is 9.69 Å². The molecular formula is C22H28N2O2S. The van der Waals surface area contributed by atoms with Crippen molar-refractivity contribution < 1.29 is 9.53 Å². The molecule has 1 N–H and O–H groups in total. The molecule has 27 heavy (non-hydrogen) atoms. The number of benzene rings is 2. The number of carbonyl (C=O) groups excluding carboxylic acids is 1. The van der Waals surface area contributed by atoms with Crippen LogP contribution >= 0.6 is 11.8 Å². The minimum atomic E-state index is -0.00264. The molecule has 0 unspecified atom stereocenters. The highest BCUT2D eigenvalue weighted by atomic mass is 32.2. The fraction of sp³-hybridized carbons (Fsp3) is 0.409. The summed E-state index contributed by atoms with van der Waals surface area (Å²) in [4.78, 5) is 16.1. The maximum absolute atomic E-state index is 12.6. The van der Waals surface area contributed by atoms with Crippen molar-refractivity contribution in [2.45, 2.75) is 24.8 Å². The second-order valence-electron chi connectivity index (χ2n) is 6.98. The van der Waals surface area contributed by atoms with Crippen LogP contribution in [0.4, 0.5) is 0 Å². The SMILES string of the molecule is Cc1ccc(SCC(=O)N[C@H](CN2CCOCC2)c2ccccc2)cc1C. The summed E-state index contributed by atoms with van der Waals surface area (Å²) in [6, 6.07) is 16.6. The number of morpholine rings is 1. The van der Waals surface area contributed by atoms with Gasteiger partial charge in [0.15, 0.2) is 0 Å². The lowest BCUT2D eigenvalue weighted by Crippen LogP contribution is -2.43. The number of thioether (sulfide) groups is 1. The van der Waals surface area contributed by atoms with E-state index in [1.54, 1.807) is 11.8 Å². The lowest BCUT2D eigenvalue weighted by molar-refractivity contribution is -0.119. The maximum atomic E-state index is 12.6. The van der Waals surface area contributed by atoms with E-state index in [9.17, 15) is 4.79 Å². The molecule has 5 heteroatoms. The second-order valence-corrected chi connectivity index (χ2v) is 8.03. The quantitative estimate of drug-likeness (QED) is 0.741. The molecule has 0 aliphatic carbocycles. The van der Waals surface area contributed by atoms with Gasteiger partial charge >= 0.3 is 0 Å². The first-order valence-electron chi connectivity index (χ1n) is 9.46. The Bertz CT molecular complexity index is 745.